The minimum absolute atomic E-state index is 0.837. The molecule has 292 valence electrons. The number of furan rings is 1. The number of benzene rings is 10. The standard InChI is InChI=1S/C60H41NO/c1-4-18-42(19-5-1)49-24-10-12-26-51(49)45-32-36-47(37-33-45)61(48-38-34-46(35-39-48)52-27-13-11-25-50(52)43-20-6-2-7-21-43)57-41-40-55(59-56-30-16-17-31-58(56)62-60(57)59)54-29-15-14-28-53(54)44-22-8-3-9-23-44/h1-41H. The van der Waals surface area contributed by atoms with E-state index in [1.54, 1.807) is 0 Å². The second-order valence-electron chi connectivity index (χ2n) is 15.6. The number of hydrogen-bond donors (Lipinski definition) is 0. The Labute approximate surface area is 362 Å². The van der Waals surface area contributed by atoms with E-state index in [9.17, 15) is 0 Å². The summed E-state index contributed by atoms with van der Waals surface area (Å²) in [5.74, 6) is 0. The van der Waals surface area contributed by atoms with Gasteiger partial charge in [0, 0.05) is 22.1 Å². The van der Waals surface area contributed by atoms with Gasteiger partial charge in [-0.1, -0.05) is 212 Å². The van der Waals surface area contributed by atoms with E-state index in [1.807, 2.05) is 0 Å². The highest BCUT2D eigenvalue weighted by atomic mass is 16.3. The van der Waals surface area contributed by atoms with Crippen LogP contribution in [0.15, 0.2) is 253 Å². The summed E-state index contributed by atoms with van der Waals surface area (Å²) < 4.78 is 6.99. The Hall–Kier alpha value is -8.20. The van der Waals surface area contributed by atoms with Crippen molar-refractivity contribution >= 4 is 39.0 Å². The van der Waals surface area contributed by atoms with Gasteiger partial charge in [0.15, 0.2) is 5.58 Å². The lowest BCUT2D eigenvalue weighted by Gasteiger charge is -2.27. The van der Waals surface area contributed by atoms with Crippen LogP contribution in [-0.4, -0.2) is 0 Å². The molecule has 0 spiro atoms. The summed E-state index contributed by atoms with van der Waals surface area (Å²) in [5, 5.41) is 2.18. The van der Waals surface area contributed by atoms with Gasteiger partial charge in [-0.2, -0.15) is 0 Å². The van der Waals surface area contributed by atoms with Crippen LogP contribution in [0.5, 0.6) is 0 Å². The molecule has 2 nitrogen and oxygen atoms in total. The topological polar surface area (TPSA) is 16.4 Å². The van der Waals surface area contributed by atoms with Crippen LogP contribution in [-0.2, 0) is 0 Å². The lowest BCUT2D eigenvalue weighted by Crippen LogP contribution is -2.10. The molecule has 1 aromatic heterocycles. The molecule has 0 saturated heterocycles. The largest absolute Gasteiger partial charge is 0.454 e. The zero-order chi connectivity index (χ0) is 41.2. The predicted molar refractivity (Wildman–Crippen MR) is 261 cm³/mol. The molecule has 11 aromatic rings. The minimum atomic E-state index is 0.837. The molecule has 0 N–H and O–H groups in total. The van der Waals surface area contributed by atoms with Gasteiger partial charge in [0.25, 0.3) is 0 Å². The molecule has 0 fully saturated rings. The van der Waals surface area contributed by atoms with Crippen LogP contribution in [0.2, 0.25) is 0 Å². The van der Waals surface area contributed by atoms with E-state index in [-0.39, 0.29) is 0 Å². The van der Waals surface area contributed by atoms with Crippen LogP contribution in [0.1, 0.15) is 0 Å². The summed E-state index contributed by atoms with van der Waals surface area (Å²) in [4.78, 5) is 2.34. The van der Waals surface area contributed by atoms with Crippen molar-refractivity contribution in [3.05, 3.63) is 249 Å². The average Bonchev–Trinajstić information content (AvgIpc) is 3.76. The van der Waals surface area contributed by atoms with Gasteiger partial charge in [-0.15, -0.1) is 0 Å². The van der Waals surface area contributed by atoms with Gasteiger partial charge < -0.3 is 9.32 Å². The first-order valence-electron chi connectivity index (χ1n) is 21.2. The maximum absolute atomic E-state index is 6.99. The van der Waals surface area contributed by atoms with E-state index in [0.29, 0.717) is 0 Å². The number of rotatable bonds is 9. The van der Waals surface area contributed by atoms with E-state index in [1.165, 1.54) is 44.5 Å². The average molecular weight is 792 g/mol. The third kappa shape index (κ3) is 6.74. The normalized spacial score (nSPS) is 11.2. The summed E-state index contributed by atoms with van der Waals surface area (Å²) >= 11 is 0. The molecule has 0 aliphatic heterocycles. The third-order valence-corrected chi connectivity index (χ3v) is 11.9. The first-order chi connectivity index (χ1) is 30.8. The van der Waals surface area contributed by atoms with E-state index in [4.69, 9.17) is 4.42 Å². The molecule has 10 aromatic carbocycles. The Morgan fingerprint density at radius 2 is 0.613 bits per heavy atom. The van der Waals surface area contributed by atoms with Gasteiger partial charge in [-0.25, -0.2) is 0 Å². The maximum atomic E-state index is 6.99. The molecule has 2 heteroatoms. The quantitative estimate of drug-likeness (QED) is 0.145. The molecule has 1 heterocycles. The molecule has 62 heavy (non-hydrogen) atoms. The second kappa shape index (κ2) is 16.1. The van der Waals surface area contributed by atoms with Gasteiger partial charge >= 0.3 is 0 Å². The van der Waals surface area contributed by atoms with E-state index >= 15 is 0 Å². The first-order valence-corrected chi connectivity index (χ1v) is 21.2. The Kier molecular flexibility index (Phi) is 9.57. The van der Waals surface area contributed by atoms with Crippen molar-refractivity contribution in [3.8, 4) is 66.8 Å². The van der Waals surface area contributed by atoms with Crippen molar-refractivity contribution in [3.63, 3.8) is 0 Å². The number of fused-ring (bicyclic) bond motifs is 3. The van der Waals surface area contributed by atoms with Crippen molar-refractivity contribution in [2.75, 3.05) is 4.90 Å². The fourth-order valence-electron chi connectivity index (χ4n) is 9.02. The van der Waals surface area contributed by atoms with Gasteiger partial charge in [0.1, 0.15) is 5.58 Å². The van der Waals surface area contributed by atoms with Crippen LogP contribution in [0.25, 0.3) is 88.7 Å². The van der Waals surface area contributed by atoms with Crippen molar-refractivity contribution in [2.45, 2.75) is 0 Å². The smallest absolute Gasteiger partial charge is 0.160 e. The van der Waals surface area contributed by atoms with Crippen LogP contribution < -0.4 is 4.90 Å². The third-order valence-electron chi connectivity index (χ3n) is 11.9. The molecular weight excluding hydrogens is 751 g/mol. The lowest BCUT2D eigenvalue weighted by atomic mass is 9.91. The molecule has 0 bridgehead atoms. The fourth-order valence-corrected chi connectivity index (χ4v) is 9.02. The Bertz CT molecular complexity index is 3190. The summed E-state index contributed by atoms with van der Waals surface area (Å²) in [7, 11) is 0. The van der Waals surface area contributed by atoms with E-state index in [0.717, 1.165) is 61.3 Å². The van der Waals surface area contributed by atoms with Crippen LogP contribution in [0.4, 0.5) is 17.1 Å². The summed E-state index contributed by atoms with van der Waals surface area (Å²) in [6.45, 7) is 0. The Morgan fingerprint density at radius 1 is 0.258 bits per heavy atom. The van der Waals surface area contributed by atoms with Gasteiger partial charge in [0.2, 0.25) is 0 Å². The van der Waals surface area contributed by atoms with Crippen LogP contribution in [0.3, 0.4) is 0 Å². The predicted octanol–water partition coefficient (Wildman–Crippen LogP) is 17.1. The molecule has 0 atom stereocenters. The molecule has 0 saturated carbocycles. The highest BCUT2D eigenvalue weighted by Gasteiger charge is 2.24. The van der Waals surface area contributed by atoms with Crippen molar-refractivity contribution < 1.29 is 4.42 Å². The highest BCUT2D eigenvalue weighted by molar-refractivity contribution is 6.17. The maximum Gasteiger partial charge on any atom is 0.160 e. The zero-order valence-corrected chi connectivity index (χ0v) is 34.0. The highest BCUT2D eigenvalue weighted by Crippen LogP contribution is 2.48. The molecule has 0 aliphatic carbocycles. The summed E-state index contributed by atoms with van der Waals surface area (Å²) in [6.07, 6.45) is 0. The Balaban J connectivity index is 1.09. The van der Waals surface area contributed by atoms with Crippen molar-refractivity contribution in [1.82, 2.24) is 0 Å². The molecule has 0 unspecified atom stereocenters. The van der Waals surface area contributed by atoms with Gasteiger partial charge in [-0.05, 0) is 103 Å². The molecule has 11 rings (SSSR count). The zero-order valence-electron chi connectivity index (χ0n) is 34.0. The molecule has 0 aliphatic rings. The number of nitrogens with zero attached hydrogens (tertiary/aromatic N) is 1. The lowest BCUT2D eigenvalue weighted by molar-refractivity contribution is 0.669. The summed E-state index contributed by atoms with van der Waals surface area (Å²) in [6, 6.07) is 88.8. The fraction of sp³-hybridized carbons (Fsp3) is 0. The number of hydrogen-bond acceptors (Lipinski definition) is 2. The molecular formula is C60H41NO. The van der Waals surface area contributed by atoms with Crippen LogP contribution in [0, 0.1) is 0 Å². The van der Waals surface area contributed by atoms with E-state index in [2.05, 4.69) is 254 Å². The second-order valence-corrected chi connectivity index (χ2v) is 15.6. The van der Waals surface area contributed by atoms with Gasteiger partial charge in [-0.3, -0.25) is 0 Å². The number of anilines is 3. The van der Waals surface area contributed by atoms with Gasteiger partial charge in [0.05, 0.1) is 5.69 Å². The molecule has 0 radical (unpaired) electrons. The van der Waals surface area contributed by atoms with Crippen molar-refractivity contribution in [2.24, 2.45) is 0 Å². The SMILES string of the molecule is c1ccc(-c2ccccc2-c2ccc(N(c3ccc(-c4ccccc4-c4ccccc4)cc3)c3ccc(-c4ccccc4-c4ccccc4)c4c3oc3ccccc34)cc2)cc1. The van der Waals surface area contributed by atoms with Crippen molar-refractivity contribution in [1.29, 1.82) is 0 Å². The monoisotopic (exact) mass is 791 g/mol. The first kappa shape index (κ1) is 36.8. The van der Waals surface area contributed by atoms with E-state index < -0.39 is 0 Å². The summed E-state index contributed by atoms with van der Waals surface area (Å²) in [5.41, 5.74) is 18.9. The molecule has 0 amide bonds. The minimum Gasteiger partial charge on any atom is -0.454 e. The Morgan fingerprint density at radius 3 is 1.06 bits per heavy atom. The van der Waals surface area contributed by atoms with Crippen LogP contribution >= 0.6 is 0 Å². The number of para-hydroxylation sites is 1.